The first-order valence-corrected chi connectivity index (χ1v) is 14.5. The molecule has 1 unspecified atom stereocenters. The minimum Gasteiger partial charge on any atom is -0.444 e. The molecule has 0 spiro atoms. The van der Waals surface area contributed by atoms with Crippen molar-refractivity contribution in [3.63, 3.8) is 0 Å². The maximum atomic E-state index is 12.4. The molecule has 1 aromatic rings. The van der Waals surface area contributed by atoms with Gasteiger partial charge in [0.25, 0.3) is 0 Å². The van der Waals surface area contributed by atoms with Gasteiger partial charge in [0.2, 0.25) is 11.8 Å². The Kier molecular flexibility index (Phi) is 7.63. The molecule has 10 heteroatoms. The molecule has 9 nitrogen and oxygen atoms in total. The molecular weight excluding hydrogens is 520 g/mol. The number of alkyl carbamates (subject to hydrolysis) is 1. The monoisotopic (exact) mass is 560 g/mol. The Morgan fingerprint density at radius 2 is 1.95 bits per heavy atom. The van der Waals surface area contributed by atoms with Gasteiger partial charge in [0, 0.05) is 49.4 Å². The lowest BCUT2D eigenvalue weighted by molar-refractivity contribution is -0.172. The first-order chi connectivity index (χ1) is 18.4. The van der Waals surface area contributed by atoms with Crippen molar-refractivity contribution in [1.29, 1.82) is 0 Å². The van der Waals surface area contributed by atoms with E-state index in [4.69, 9.17) is 21.1 Å². The highest BCUT2D eigenvalue weighted by molar-refractivity contribution is 6.32. The van der Waals surface area contributed by atoms with E-state index in [-0.39, 0.29) is 35.0 Å². The molecule has 4 saturated heterocycles. The van der Waals surface area contributed by atoms with Crippen LogP contribution >= 0.6 is 11.6 Å². The van der Waals surface area contributed by atoms with Gasteiger partial charge in [0.15, 0.2) is 0 Å². The van der Waals surface area contributed by atoms with E-state index < -0.39 is 5.60 Å². The Balaban J connectivity index is 1.15. The number of fused-ring (bicyclic) bond motifs is 3. The first kappa shape index (κ1) is 28.2. The summed E-state index contributed by atoms with van der Waals surface area (Å²) in [5.74, 6) is -0.879. The molecule has 5 fully saturated rings. The van der Waals surface area contributed by atoms with Crippen LogP contribution in [0.25, 0.3) is 0 Å². The van der Waals surface area contributed by atoms with Crippen LogP contribution < -0.4 is 15.5 Å². The lowest BCUT2D eigenvalue weighted by atomic mass is 9.71. The Labute approximate surface area is 235 Å². The number of hydrogen-bond acceptors (Lipinski definition) is 7. The van der Waals surface area contributed by atoms with Gasteiger partial charge < -0.3 is 19.7 Å². The number of nitrogens with one attached hydrogen (secondary N) is 2. The van der Waals surface area contributed by atoms with E-state index in [2.05, 4.69) is 27.4 Å². The summed E-state index contributed by atoms with van der Waals surface area (Å²) in [6.45, 7) is 12.0. The smallest absolute Gasteiger partial charge is 0.408 e. The number of halogens is 1. The zero-order valence-corrected chi connectivity index (χ0v) is 24.2. The van der Waals surface area contributed by atoms with Gasteiger partial charge in [-0.3, -0.25) is 19.8 Å². The van der Waals surface area contributed by atoms with Crippen molar-refractivity contribution >= 4 is 35.2 Å². The average molecular weight is 561 g/mol. The van der Waals surface area contributed by atoms with Crippen LogP contribution in [0, 0.1) is 0 Å². The molecule has 4 heterocycles. The van der Waals surface area contributed by atoms with Crippen LogP contribution in [0.15, 0.2) is 18.2 Å². The normalized spacial score (nSPS) is 31.7. The molecule has 6 rings (SSSR count). The van der Waals surface area contributed by atoms with Gasteiger partial charge in [-0.2, -0.15) is 0 Å². The Morgan fingerprint density at radius 3 is 2.54 bits per heavy atom. The van der Waals surface area contributed by atoms with E-state index in [1.165, 1.54) is 0 Å². The topological polar surface area (TPSA) is 100 Å². The molecule has 2 atom stereocenters. The standard InChI is InChI=1S/C29H41ClN4O5/c1-19-16-33(20-5-6-21(23(30)15-20)22-7-8-24(35)31-25(22)36)13-14-34(19)17-29-11-9-28(10-12-29,18-38-29)32-26(37)39-27(2,3)4/h5-6,15,19,22H,7-14,16-18H2,1-4H3,(H,32,37)(H,31,35,36)/t19-,22?,28?,29?/m0/s1. The maximum absolute atomic E-state index is 12.4. The molecule has 1 aliphatic carbocycles. The van der Waals surface area contributed by atoms with Crippen LogP contribution in [0.1, 0.15) is 77.7 Å². The molecule has 2 N–H and O–H groups in total. The number of ether oxygens (including phenoxy) is 2. The maximum Gasteiger partial charge on any atom is 0.408 e. The summed E-state index contributed by atoms with van der Waals surface area (Å²) in [5, 5.41) is 6.10. The van der Waals surface area contributed by atoms with E-state index in [0.29, 0.717) is 30.5 Å². The fourth-order valence-electron chi connectivity index (χ4n) is 6.47. The molecule has 39 heavy (non-hydrogen) atoms. The Morgan fingerprint density at radius 1 is 1.21 bits per heavy atom. The second-order valence-electron chi connectivity index (χ2n) is 12.9. The van der Waals surface area contributed by atoms with Crippen LogP contribution in [0.4, 0.5) is 10.5 Å². The lowest BCUT2D eigenvalue weighted by Gasteiger charge is -2.55. The third-order valence-electron chi connectivity index (χ3n) is 8.76. The first-order valence-electron chi connectivity index (χ1n) is 14.1. The Bertz CT molecular complexity index is 1110. The minimum absolute atomic E-state index is 0.166. The summed E-state index contributed by atoms with van der Waals surface area (Å²) in [5.41, 5.74) is 0.813. The third-order valence-corrected chi connectivity index (χ3v) is 9.09. The highest BCUT2D eigenvalue weighted by atomic mass is 35.5. The lowest BCUT2D eigenvalue weighted by Crippen LogP contribution is -2.66. The summed E-state index contributed by atoms with van der Waals surface area (Å²) in [4.78, 5) is 41.1. The van der Waals surface area contributed by atoms with Gasteiger partial charge in [-0.05, 0) is 77.5 Å². The number of hydrogen-bond donors (Lipinski definition) is 2. The molecule has 4 aliphatic heterocycles. The summed E-state index contributed by atoms with van der Waals surface area (Å²) >= 11 is 6.64. The Hall–Kier alpha value is -2.36. The van der Waals surface area contributed by atoms with Gasteiger partial charge in [-0.15, -0.1) is 0 Å². The number of amides is 3. The number of rotatable bonds is 5. The van der Waals surface area contributed by atoms with Crippen molar-refractivity contribution in [2.24, 2.45) is 0 Å². The number of carbonyl (C=O) groups is 3. The van der Waals surface area contributed by atoms with E-state index >= 15 is 0 Å². The average Bonchev–Trinajstić information content (AvgIpc) is 2.86. The number of anilines is 1. The number of piperazine rings is 1. The van der Waals surface area contributed by atoms with Crippen LogP contribution in [-0.4, -0.2) is 78.4 Å². The van der Waals surface area contributed by atoms with Gasteiger partial charge in [0.1, 0.15) is 5.60 Å². The predicted molar refractivity (Wildman–Crippen MR) is 149 cm³/mol. The van der Waals surface area contributed by atoms with Crippen molar-refractivity contribution in [3.8, 4) is 0 Å². The molecular formula is C29H41ClN4O5. The summed E-state index contributed by atoms with van der Waals surface area (Å²) < 4.78 is 12.0. The quantitative estimate of drug-likeness (QED) is 0.525. The van der Waals surface area contributed by atoms with Crippen molar-refractivity contribution in [3.05, 3.63) is 28.8 Å². The second-order valence-corrected chi connectivity index (χ2v) is 13.3. The number of carbonyl (C=O) groups excluding carboxylic acids is 3. The zero-order chi connectivity index (χ0) is 28.0. The van der Waals surface area contributed by atoms with Gasteiger partial charge in [-0.25, -0.2) is 4.79 Å². The number of nitrogens with zero attached hydrogens (tertiary/aromatic N) is 2. The van der Waals surface area contributed by atoms with E-state index in [9.17, 15) is 14.4 Å². The summed E-state index contributed by atoms with van der Waals surface area (Å²) in [6, 6.07) is 6.25. The fourth-order valence-corrected chi connectivity index (χ4v) is 6.78. The zero-order valence-electron chi connectivity index (χ0n) is 23.5. The summed E-state index contributed by atoms with van der Waals surface area (Å²) in [6.07, 6.45) is 4.11. The fraction of sp³-hybridized carbons (Fsp3) is 0.690. The van der Waals surface area contributed by atoms with Crippen molar-refractivity contribution in [1.82, 2.24) is 15.5 Å². The minimum atomic E-state index is -0.520. The highest BCUT2D eigenvalue weighted by Gasteiger charge is 2.52. The highest BCUT2D eigenvalue weighted by Crippen LogP contribution is 2.44. The van der Waals surface area contributed by atoms with E-state index in [0.717, 1.165) is 63.1 Å². The van der Waals surface area contributed by atoms with Crippen LogP contribution in [0.3, 0.4) is 0 Å². The molecule has 2 bridgehead atoms. The van der Waals surface area contributed by atoms with Gasteiger partial charge >= 0.3 is 6.09 Å². The predicted octanol–water partition coefficient (Wildman–Crippen LogP) is 3.98. The van der Waals surface area contributed by atoms with Crippen LogP contribution in [-0.2, 0) is 19.1 Å². The van der Waals surface area contributed by atoms with Crippen molar-refractivity contribution in [2.45, 2.75) is 94.9 Å². The number of imide groups is 1. The van der Waals surface area contributed by atoms with E-state index in [1.807, 2.05) is 39.0 Å². The molecule has 0 aromatic heterocycles. The summed E-state index contributed by atoms with van der Waals surface area (Å²) in [7, 11) is 0. The van der Waals surface area contributed by atoms with Crippen molar-refractivity contribution < 1.29 is 23.9 Å². The SMILES string of the molecule is C[C@H]1CN(c2ccc(C3CCC(=O)NC3=O)c(Cl)c2)CCN1CC12CCC(NC(=O)OC(C)(C)C)(CC1)CO2. The molecule has 214 valence electrons. The molecule has 1 saturated carbocycles. The molecule has 5 aliphatic rings. The molecule has 1 aromatic carbocycles. The number of benzene rings is 1. The number of piperidine rings is 1. The van der Waals surface area contributed by atoms with Gasteiger partial charge in [-0.1, -0.05) is 17.7 Å². The van der Waals surface area contributed by atoms with Crippen LogP contribution in [0.5, 0.6) is 0 Å². The van der Waals surface area contributed by atoms with Gasteiger partial charge in [0.05, 0.1) is 23.7 Å². The van der Waals surface area contributed by atoms with Crippen LogP contribution in [0.2, 0.25) is 5.02 Å². The van der Waals surface area contributed by atoms with E-state index in [1.54, 1.807) is 0 Å². The third kappa shape index (κ3) is 6.20. The van der Waals surface area contributed by atoms with Crippen molar-refractivity contribution in [2.75, 3.05) is 37.7 Å². The largest absolute Gasteiger partial charge is 0.444 e. The molecule has 0 radical (unpaired) electrons. The second kappa shape index (κ2) is 10.6. The molecule has 3 amide bonds.